The minimum atomic E-state index is 0.749. The molecule has 0 bridgehead atoms. The van der Waals surface area contributed by atoms with Crippen molar-refractivity contribution >= 4 is 46.2 Å². The molecule has 3 rings (SSSR count). The Hall–Kier alpha value is -1.33. The number of hydrogen-bond donors (Lipinski definition) is 1. The third kappa shape index (κ3) is 4.85. The van der Waals surface area contributed by atoms with Crippen molar-refractivity contribution < 1.29 is 0 Å². The quantitative estimate of drug-likeness (QED) is 0.753. The lowest BCUT2D eigenvalue weighted by Gasteiger charge is -2.36. The van der Waals surface area contributed by atoms with Gasteiger partial charge < -0.3 is 10.2 Å². The minimum Gasteiger partial charge on any atom is -0.346 e. The van der Waals surface area contributed by atoms with Crippen LogP contribution >= 0.6 is 35.4 Å². The van der Waals surface area contributed by atoms with Gasteiger partial charge in [0.2, 0.25) is 0 Å². The standard InChI is InChI=1S/C19H21Cl2N3S/c1-14-17(21)6-3-7-18(14)22-19(25)24-10-8-23(9-11-24)13-15-4-2-5-16(20)12-15/h2-7,12H,8-11,13H2,1H3,(H,22,25). The first-order valence-corrected chi connectivity index (χ1v) is 9.47. The van der Waals surface area contributed by atoms with Crippen molar-refractivity contribution in [1.29, 1.82) is 0 Å². The summed E-state index contributed by atoms with van der Waals surface area (Å²) in [4.78, 5) is 4.64. The van der Waals surface area contributed by atoms with Gasteiger partial charge >= 0.3 is 0 Å². The lowest BCUT2D eigenvalue weighted by Crippen LogP contribution is -2.49. The van der Waals surface area contributed by atoms with Crippen molar-refractivity contribution in [2.45, 2.75) is 13.5 Å². The van der Waals surface area contributed by atoms with Crippen LogP contribution < -0.4 is 5.32 Å². The van der Waals surface area contributed by atoms with Gasteiger partial charge in [-0.2, -0.15) is 0 Å². The summed E-state index contributed by atoms with van der Waals surface area (Å²) in [5, 5.41) is 5.63. The normalized spacial score (nSPS) is 15.2. The molecule has 132 valence electrons. The van der Waals surface area contributed by atoms with E-state index in [2.05, 4.69) is 21.2 Å². The molecule has 1 aliphatic heterocycles. The number of nitrogens with zero attached hydrogens (tertiary/aromatic N) is 2. The molecule has 1 N–H and O–H groups in total. The summed E-state index contributed by atoms with van der Waals surface area (Å²) >= 11 is 17.8. The molecule has 0 atom stereocenters. The van der Waals surface area contributed by atoms with Crippen LogP contribution in [-0.4, -0.2) is 41.1 Å². The smallest absolute Gasteiger partial charge is 0.173 e. The van der Waals surface area contributed by atoms with Crippen LogP contribution in [0.2, 0.25) is 10.0 Å². The van der Waals surface area contributed by atoms with Gasteiger partial charge in [0, 0.05) is 48.5 Å². The highest BCUT2D eigenvalue weighted by molar-refractivity contribution is 7.80. The Kier molecular flexibility index (Phi) is 6.18. The monoisotopic (exact) mass is 393 g/mol. The number of benzene rings is 2. The molecule has 1 fully saturated rings. The predicted molar refractivity (Wildman–Crippen MR) is 111 cm³/mol. The SMILES string of the molecule is Cc1c(Cl)cccc1NC(=S)N1CCN(Cc2cccc(Cl)c2)CC1. The molecule has 0 amide bonds. The van der Waals surface area contributed by atoms with Gasteiger partial charge in [0.05, 0.1) is 0 Å². The highest BCUT2D eigenvalue weighted by Gasteiger charge is 2.19. The van der Waals surface area contributed by atoms with E-state index in [-0.39, 0.29) is 0 Å². The zero-order chi connectivity index (χ0) is 17.8. The van der Waals surface area contributed by atoms with Crippen molar-refractivity contribution in [3.8, 4) is 0 Å². The van der Waals surface area contributed by atoms with Gasteiger partial charge in [0.15, 0.2) is 5.11 Å². The lowest BCUT2D eigenvalue weighted by atomic mass is 10.2. The van der Waals surface area contributed by atoms with Gasteiger partial charge in [-0.1, -0.05) is 41.4 Å². The maximum Gasteiger partial charge on any atom is 0.173 e. The Labute approximate surface area is 164 Å². The van der Waals surface area contributed by atoms with E-state index >= 15 is 0 Å². The zero-order valence-corrected chi connectivity index (χ0v) is 16.5. The number of anilines is 1. The van der Waals surface area contributed by atoms with Crippen molar-refractivity contribution in [1.82, 2.24) is 9.80 Å². The van der Waals surface area contributed by atoms with E-state index in [0.29, 0.717) is 0 Å². The van der Waals surface area contributed by atoms with Gasteiger partial charge in [-0.15, -0.1) is 0 Å². The molecule has 1 heterocycles. The Morgan fingerprint density at radius 1 is 1.08 bits per heavy atom. The molecule has 25 heavy (non-hydrogen) atoms. The number of hydrogen-bond acceptors (Lipinski definition) is 2. The highest BCUT2D eigenvalue weighted by Crippen LogP contribution is 2.23. The van der Waals surface area contributed by atoms with Crippen LogP contribution in [0.5, 0.6) is 0 Å². The van der Waals surface area contributed by atoms with Crippen LogP contribution in [0, 0.1) is 6.92 Å². The third-order valence-electron chi connectivity index (χ3n) is 4.46. The van der Waals surface area contributed by atoms with Crippen molar-refractivity contribution in [2.75, 3.05) is 31.5 Å². The summed E-state index contributed by atoms with van der Waals surface area (Å²) in [5.41, 5.74) is 3.24. The molecular weight excluding hydrogens is 373 g/mol. The molecule has 0 aliphatic carbocycles. The molecule has 2 aromatic rings. The van der Waals surface area contributed by atoms with E-state index in [0.717, 1.165) is 59.1 Å². The number of piperazine rings is 1. The molecule has 0 spiro atoms. The van der Waals surface area contributed by atoms with Crippen LogP contribution in [0.15, 0.2) is 42.5 Å². The molecule has 0 saturated carbocycles. The second-order valence-electron chi connectivity index (χ2n) is 6.24. The van der Waals surface area contributed by atoms with Gasteiger partial charge in [0.1, 0.15) is 0 Å². The van der Waals surface area contributed by atoms with Crippen LogP contribution in [0.1, 0.15) is 11.1 Å². The van der Waals surface area contributed by atoms with Crippen molar-refractivity contribution in [2.24, 2.45) is 0 Å². The number of nitrogens with one attached hydrogen (secondary N) is 1. The van der Waals surface area contributed by atoms with Gasteiger partial charge in [-0.3, -0.25) is 4.90 Å². The maximum absolute atomic E-state index is 6.18. The summed E-state index contributed by atoms with van der Waals surface area (Å²) in [6.07, 6.45) is 0. The molecule has 0 unspecified atom stereocenters. The third-order valence-corrected chi connectivity index (χ3v) is 5.47. The molecule has 1 aliphatic rings. The highest BCUT2D eigenvalue weighted by atomic mass is 35.5. The molecule has 2 aromatic carbocycles. The molecule has 1 saturated heterocycles. The number of halogens is 2. The summed E-state index contributed by atoms with van der Waals surface area (Å²) in [7, 11) is 0. The van der Waals surface area contributed by atoms with E-state index in [4.69, 9.17) is 35.4 Å². The Bertz CT molecular complexity index is 758. The van der Waals surface area contributed by atoms with Crippen LogP contribution in [-0.2, 0) is 6.54 Å². The van der Waals surface area contributed by atoms with Crippen molar-refractivity contribution in [3.63, 3.8) is 0 Å². The molecule has 6 heteroatoms. The topological polar surface area (TPSA) is 18.5 Å². The van der Waals surface area contributed by atoms with Gasteiger partial charge in [-0.05, 0) is 54.5 Å². The first-order valence-electron chi connectivity index (χ1n) is 8.31. The predicted octanol–water partition coefficient (Wildman–Crippen LogP) is 4.82. The maximum atomic E-state index is 6.18. The van der Waals surface area contributed by atoms with E-state index in [1.807, 2.05) is 43.3 Å². The Morgan fingerprint density at radius 3 is 2.52 bits per heavy atom. The first kappa shape index (κ1) is 18.5. The molecule has 3 nitrogen and oxygen atoms in total. The van der Waals surface area contributed by atoms with Crippen LogP contribution in [0.4, 0.5) is 5.69 Å². The Morgan fingerprint density at radius 2 is 1.80 bits per heavy atom. The Balaban J connectivity index is 1.53. The largest absolute Gasteiger partial charge is 0.346 e. The summed E-state index contributed by atoms with van der Waals surface area (Å²) in [6, 6.07) is 13.9. The fraction of sp³-hybridized carbons (Fsp3) is 0.316. The summed E-state index contributed by atoms with van der Waals surface area (Å²) in [6.45, 7) is 6.68. The average Bonchev–Trinajstić information content (AvgIpc) is 2.59. The molecule has 0 aromatic heterocycles. The lowest BCUT2D eigenvalue weighted by molar-refractivity contribution is 0.177. The van der Waals surface area contributed by atoms with Gasteiger partial charge in [0.25, 0.3) is 0 Å². The van der Waals surface area contributed by atoms with Gasteiger partial charge in [-0.25, -0.2) is 0 Å². The molecule has 0 radical (unpaired) electrons. The fourth-order valence-corrected chi connectivity index (χ4v) is 3.62. The first-order chi connectivity index (χ1) is 12.0. The summed E-state index contributed by atoms with van der Waals surface area (Å²) in [5.74, 6) is 0. The second kappa shape index (κ2) is 8.37. The number of thiocarbonyl (C=S) groups is 1. The summed E-state index contributed by atoms with van der Waals surface area (Å²) < 4.78 is 0. The van der Waals surface area contributed by atoms with Crippen LogP contribution in [0.3, 0.4) is 0 Å². The average molecular weight is 394 g/mol. The number of rotatable bonds is 3. The van der Waals surface area contributed by atoms with Crippen LogP contribution in [0.25, 0.3) is 0 Å². The minimum absolute atomic E-state index is 0.749. The van der Waals surface area contributed by atoms with E-state index in [9.17, 15) is 0 Å². The zero-order valence-electron chi connectivity index (χ0n) is 14.1. The van der Waals surface area contributed by atoms with E-state index < -0.39 is 0 Å². The fourth-order valence-electron chi connectivity index (χ4n) is 2.94. The second-order valence-corrected chi connectivity index (χ2v) is 7.47. The van der Waals surface area contributed by atoms with Crippen molar-refractivity contribution in [3.05, 3.63) is 63.6 Å². The van der Waals surface area contributed by atoms with E-state index in [1.165, 1.54) is 5.56 Å². The molecular formula is C19H21Cl2N3S. The van der Waals surface area contributed by atoms with E-state index in [1.54, 1.807) is 0 Å².